The van der Waals surface area contributed by atoms with Crippen molar-refractivity contribution in [1.29, 1.82) is 0 Å². The summed E-state index contributed by atoms with van der Waals surface area (Å²) < 4.78 is 10.6. The summed E-state index contributed by atoms with van der Waals surface area (Å²) in [5.41, 5.74) is 0. The smallest absolute Gasteiger partial charge is 0.220 e. The SMILES string of the molecule is CCOC(CNC(=O)CCCNC)OCC. The van der Waals surface area contributed by atoms with Gasteiger partial charge in [0, 0.05) is 19.6 Å². The summed E-state index contributed by atoms with van der Waals surface area (Å²) >= 11 is 0. The largest absolute Gasteiger partial charge is 0.351 e. The van der Waals surface area contributed by atoms with Gasteiger partial charge in [-0.05, 0) is 33.9 Å². The van der Waals surface area contributed by atoms with Gasteiger partial charge in [-0.3, -0.25) is 4.79 Å². The first-order chi connectivity index (χ1) is 7.74. The molecule has 0 aliphatic heterocycles. The van der Waals surface area contributed by atoms with Crippen LogP contribution >= 0.6 is 0 Å². The van der Waals surface area contributed by atoms with Crippen LogP contribution in [0.5, 0.6) is 0 Å². The summed E-state index contributed by atoms with van der Waals surface area (Å²) in [6.07, 6.45) is 1.05. The van der Waals surface area contributed by atoms with Crippen LogP contribution in [0.4, 0.5) is 0 Å². The summed E-state index contributed by atoms with van der Waals surface area (Å²) in [7, 11) is 1.87. The van der Waals surface area contributed by atoms with Gasteiger partial charge in [0.05, 0.1) is 6.54 Å². The molecule has 0 aromatic carbocycles. The summed E-state index contributed by atoms with van der Waals surface area (Å²) in [5.74, 6) is 0.0413. The third-order valence-corrected chi connectivity index (χ3v) is 2.00. The lowest BCUT2D eigenvalue weighted by atomic mass is 10.3. The number of carbonyl (C=O) groups excluding carboxylic acids is 1. The highest BCUT2D eigenvalue weighted by molar-refractivity contribution is 5.75. The van der Waals surface area contributed by atoms with Gasteiger partial charge in [-0.25, -0.2) is 0 Å². The summed E-state index contributed by atoms with van der Waals surface area (Å²) in [5, 5.41) is 5.79. The zero-order valence-electron chi connectivity index (χ0n) is 10.5. The Kier molecular flexibility index (Phi) is 10.4. The zero-order chi connectivity index (χ0) is 12.2. The van der Waals surface area contributed by atoms with Crippen molar-refractivity contribution in [3.63, 3.8) is 0 Å². The van der Waals surface area contributed by atoms with Crippen LogP contribution < -0.4 is 10.6 Å². The molecule has 0 heterocycles. The molecule has 16 heavy (non-hydrogen) atoms. The Morgan fingerprint density at radius 3 is 2.38 bits per heavy atom. The average Bonchev–Trinajstić information content (AvgIpc) is 2.27. The molecule has 1 amide bonds. The quantitative estimate of drug-likeness (QED) is 0.425. The fourth-order valence-electron chi connectivity index (χ4n) is 1.25. The zero-order valence-corrected chi connectivity index (χ0v) is 10.5. The van der Waals surface area contributed by atoms with Gasteiger partial charge >= 0.3 is 0 Å². The van der Waals surface area contributed by atoms with E-state index in [0.29, 0.717) is 26.2 Å². The second-order valence-electron chi connectivity index (χ2n) is 3.35. The first kappa shape index (κ1) is 15.3. The Labute approximate surface area is 97.9 Å². The second kappa shape index (κ2) is 10.9. The molecule has 0 fully saturated rings. The molecule has 2 N–H and O–H groups in total. The predicted molar refractivity (Wildman–Crippen MR) is 63.2 cm³/mol. The molecule has 0 unspecified atom stereocenters. The van der Waals surface area contributed by atoms with Crippen molar-refractivity contribution in [3.05, 3.63) is 0 Å². The van der Waals surface area contributed by atoms with E-state index in [1.54, 1.807) is 0 Å². The molecule has 0 aliphatic carbocycles. The van der Waals surface area contributed by atoms with Crippen molar-refractivity contribution >= 4 is 5.91 Å². The molecule has 5 heteroatoms. The van der Waals surface area contributed by atoms with Gasteiger partial charge in [0.2, 0.25) is 5.91 Å². The Hall–Kier alpha value is -0.650. The molecule has 0 saturated heterocycles. The van der Waals surface area contributed by atoms with Crippen LogP contribution in [0.3, 0.4) is 0 Å². The molecule has 0 radical (unpaired) electrons. The van der Waals surface area contributed by atoms with Crippen LogP contribution in [0.2, 0.25) is 0 Å². The van der Waals surface area contributed by atoms with Crippen molar-refractivity contribution in [2.45, 2.75) is 33.0 Å². The van der Waals surface area contributed by atoms with Crippen LogP contribution in [0.25, 0.3) is 0 Å². The number of rotatable bonds is 10. The molecular formula is C11H24N2O3. The standard InChI is InChI=1S/C11H24N2O3/c1-4-15-11(16-5-2)9-13-10(14)7-6-8-12-3/h11-12H,4-9H2,1-3H3,(H,13,14). The first-order valence-corrected chi connectivity index (χ1v) is 5.89. The molecule has 0 rings (SSSR count). The molecule has 0 aromatic rings. The Balaban J connectivity index is 3.60. The second-order valence-corrected chi connectivity index (χ2v) is 3.35. The minimum atomic E-state index is -0.330. The molecule has 0 saturated carbocycles. The molecule has 0 aromatic heterocycles. The lowest BCUT2D eigenvalue weighted by Crippen LogP contribution is -2.35. The topological polar surface area (TPSA) is 59.6 Å². The van der Waals surface area contributed by atoms with Crippen LogP contribution in [0, 0.1) is 0 Å². The maximum absolute atomic E-state index is 11.4. The molecule has 0 atom stereocenters. The highest BCUT2D eigenvalue weighted by atomic mass is 16.7. The highest BCUT2D eigenvalue weighted by Gasteiger charge is 2.09. The minimum absolute atomic E-state index is 0.0413. The Morgan fingerprint density at radius 1 is 1.25 bits per heavy atom. The Bertz CT molecular complexity index is 171. The van der Waals surface area contributed by atoms with Crippen molar-refractivity contribution in [2.24, 2.45) is 0 Å². The molecular weight excluding hydrogens is 208 g/mol. The van der Waals surface area contributed by atoms with Gasteiger partial charge in [-0.15, -0.1) is 0 Å². The van der Waals surface area contributed by atoms with Crippen molar-refractivity contribution in [2.75, 3.05) is 33.4 Å². The van der Waals surface area contributed by atoms with E-state index in [4.69, 9.17) is 9.47 Å². The minimum Gasteiger partial charge on any atom is -0.351 e. The third-order valence-electron chi connectivity index (χ3n) is 2.00. The molecule has 5 nitrogen and oxygen atoms in total. The Morgan fingerprint density at radius 2 is 1.88 bits per heavy atom. The average molecular weight is 232 g/mol. The monoisotopic (exact) mass is 232 g/mol. The van der Waals surface area contributed by atoms with E-state index in [1.807, 2.05) is 20.9 Å². The number of hydrogen-bond acceptors (Lipinski definition) is 4. The highest BCUT2D eigenvalue weighted by Crippen LogP contribution is 1.94. The number of nitrogens with one attached hydrogen (secondary N) is 2. The first-order valence-electron chi connectivity index (χ1n) is 5.89. The summed E-state index contributed by atoms with van der Waals surface area (Å²) in [4.78, 5) is 11.4. The molecule has 96 valence electrons. The lowest BCUT2D eigenvalue weighted by Gasteiger charge is -2.17. The molecule has 0 aliphatic rings. The van der Waals surface area contributed by atoms with Gasteiger partial charge in [-0.1, -0.05) is 0 Å². The van der Waals surface area contributed by atoms with Crippen molar-refractivity contribution in [1.82, 2.24) is 10.6 Å². The van der Waals surface area contributed by atoms with Crippen molar-refractivity contribution < 1.29 is 14.3 Å². The van der Waals surface area contributed by atoms with E-state index < -0.39 is 0 Å². The molecule has 0 spiro atoms. The normalized spacial score (nSPS) is 10.8. The van der Waals surface area contributed by atoms with Gasteiger partial charge < -0.3 is 20.1 Å². The number of ether oxygens (including phenoxy) is 2. The van der Waals surface area contributed by atoms with Crippen LogP contribution in [0.15, 0.2) is 0 Å². The van der Waals surface area contributed by atoms with Crippen molar-refractivity contribution in [3.8, 4) is 0 Å². The number of amides is 1. The van der Waals surface area contributed by atoms with E-state index in [-0.39, 0.29) is 12.2 Å². The summed E-state index contributed by atoms with van der Waals surface area (Å²) in [6.45, 7) is 6.25. The van der Waals surface area contributed by atoms with E-state index in [2.05, 4.69) is 10.6 Å². The third kappa shape index (κ3) is 8.64. The van der Waals surface area contributed by atoms with Gasteiger partial charge in [-0.2, -0.15) is 0 Å². The van der Waals surface area contributed by atoms with Gasteiger partial charge in [0.25, 0.3) is 0 Å². The lowest BCUT2D eigenvalue weighted by molar-refractivity contribution is -0.140. The number of carbonyl (C=O) groups is 1. The van der Waals surface area contributed by atoms with E-state index in [9.17, 15) is 4.79 Å². The van der Waals surface area contributed by atoms with Crippen LogP contribution in [-0.2, 0) is 14.3 Å². The van der Waals surface area contributed by atoms with Gasteiger partial charge in [0.15, 0.2) is 6.29 Å². The maximum atomic E-state index is 11.4. The maximum Gasteiger partial charge on any atom is 0.220 e. The fraction of sp³-hybridized carbons (Fsp3) is 0.909. The molecule has 0 bridgehead atoms. The van der Waals surface area contributed by atoms with E-state index >= 15 is 0 Å². The van der Waals surface area contributed by atoms with E-state index in [1.165, 1.54) is 0 Å². The predicted octanol–water partition coefficient (Wildman–Crippen LogP) is 0.501. The number of hydrogen-bond donors (Lipinski definition) is 2. The van der Waals surface area contributed by atoms with Crippen LogP contribution in [0.1, 0.15) is 26.7 Å². The van der Waals surface area contributed by atoms with E-state index in [0.717, 1.165) is 13.0 Å². The summed E-state index contributed by atoms with van der Waals surface area (Å²) in [6, 6.07) is 0. The fourth-order valence-corrected chi connectivity index (χ4v) is 1.25. The van der Waals surface area contributed by atoms with Crippen LogP contribution in [-0.4, -0.2) is 45.5 Å². The van der Waals surface area contributed by atoms with Gasteiger partial charge in [0.1, 0.15) is 0 Å².